The number of halogens is 1. The van der Waals surface area contributed by atoms with Crippen LogP contribution < -0.4 is 0 Å². The van der Waals surface area contributed by atoms with Crippen LogP contribution in [0, 0.1) is 0 Å². The zero-order chi connectivity index (χ0) is 5.86. The SMILES string of the molecule is C=C(F)C(=O)OC. The molecule has 0 aliphatic heterocycles. The van der Waals surface area contributed by atoms with Crippen molar-refractivity contribution < 1.29 is 13.9 Å². The van der Waals surface area contributed by atoms with Gasteiger partial charge in [-0.15, -0.1) is 0 Å². The normalized spacial score (nSPS) is 7.71. The van der Waals surface area contributed by atoms with Crippen LogP contribution in [0.3, 0.4) is 0 Å². The van der Waals surface area contributed by atoms with Gasteiger partial charge in [0, 0.05) is 0 Å². The van der Waals surface area contributed by atoms with Crippen molar-refractivity contribution in [3.63, 3.8) is 0 Å². The summed E-state index contributed by atoms with van der Waals surface area (Å²) in [5.74, 6) is -2.08. The Morgan fingerprint density at radius 3 is 2.29 bits per heavy atom. The van der Waals surface area contributed by atoms with E-state index in [0.717, 1.165) is 7.11 Å². The summed E-state index contributed by atoms with van der Waals surface area (Å²) < 4.78 is 15.3. The Hall–Kier alpha value is -0.860. The molecule has 0 atom stereocenters. The Morgan fingerprint density at radius 1 is 1.86 bits per heavy atom. The Morgan fingerprint density at radius 2 is 2.29 bits per heavy atom. The van der Waals surface area contributed by atoms with E-state index in [1.54, 1.807) is 0 Å². The van der Waals surface area contributed by atoms with Gasteiger partial charge in [-0.1, -0.05) is 6.58 Å². The summed E-state index contributed by atoms with van der Waals surface area (Å²) in [7, 11) is 1.09. The molecule has 0 aromatic rings. The van der Waals surface area contributed by atoms with Gasteiger partial charge in [-0.3, -0.25) is 0 Å². The number of hydrogen-bond donors (Lipinski definition) is 0. The first kappa shape index (κ1) is 6.14. The molecule has 0 spiro atoms. The quantitative estimate of drug-likeness (QED) is 0.360. The fraction of sp³-hybridized carbons (Fsp3) is 0.250. The average molecular weight is 104 g/mol. The van der Waals surface area contributed by atoms with E-state index in [2.05, 4.69) is 11.3 Å². The third-order valence-electron chi connectivity index (χ3n) is 0.407. The largest absolute Gasteiger partial charge is 0.464 e. The zero-order valence-corrected chi connectivity index (χ0v) is 3.90. The number of ether oxygens (including phenoxy) is 1. The Balaban J connectivity index is 3.58. The first-order valence-corrected chi connectivity index (χ1v) is 1.61. The van der Waals surface area contributed by atoms with Crippen molar-refractivity contribution >= 4 is 5.97 Å². The lowest BCUT2D eigenvalue weighted by Gasteiger charge is -1.88. The van der Waals surface area contributed by atoms with Gasteiger partial charge < -0.3 is 4.74 Å². The van der Waals surface area contributed by atoms with E-state index in [1.807, 2.05) is 0 Å². The highest BCUT2D eigenvalue weighted by Crippen LogP contribution is 1.91. The Bertz CT molecular complexity index is 97.9. The monoisotopic (exact) mass is 104 g/mol. The molecule has 7 heavy (non-hydrogen) atoms. The molecule has 0 aromatic carbocycles. The number of carbonyl (C=O) groups excluding carboxylic acids is 1. The number of methoxy groups -OCH3 is 1. The third-order valence-corrected chi connectivity index (χ3v) is 0.407. The standard InChI is InChI=1S/C4H5FO2/c1-3(5)4(6)7-2/h1H2,2H3. The number of hydrogen-bond acceptors (Lipinski definition) is 2. The molecule has 0 radical (unpaired) electrons. The second kappa shape index (κ2) is 2.34. The molecule has 0 amide bonds. The second-order valence-corrected chi connectivity index (χ2v) is 0.896. The van der Waals surface area contributed by atoms with Crippen LogP contribution in [0.4, 0.5) is 4.39 Å². The van der Waals surface area contributed by atoms with Gasteiger partial charge in [0.05, 0.1) is 7.11 Å². The van der Waals surface area contributed by atoms with Crippen molar-refractivity contribution in [1.82, 2.24) is 0 Å². The lowest BCUT2D eigenvalue weighted by Crippen LogP contribution is -1.97. The van der Waals surface area contributed by atoms with Gasteiger partial charge in [0.2, 0.25) is 5.83 Å². The van der Waals surface area contributed by atoms with E-state index in [0.29, 0.717) is 0 Å². The molecule has 0 N–H and O–H groups in total. The summed E-state index contributed by atoms with van der Waals surface area (Å²) in [5.41, 5.74) is 0. The lowest BCUT2D eigenvalue weighted by molar-refractivity contribution is -0.137. The Labute approximate surface area is 40.6 Å². The maximum absolute atomic E-state index is 11.4. The molecule has 0 heterocycles. The summed E-state index contributed by atoms with van der Waals surface area (Å²) in [6.45, 7) is 2.68. The predicted octanol–water partition coefficient (Wildman–Crippen LogP) is 0.643. The van der Waals surface area contributed by atoms with E-state index in [9.17, 15) is 9.18 Å². The molecule has 0 saturated heterocycles. The maximum atomic E-state index is 11.4. The maximum Gasteiger partial charge on any atom is 0.366 e. The van der Waals surface area contributed by atoms with Crippen LogP contribution in [0.5, 0.6) is 0 Å². The number of rotatable bonds is 1. The minimum Gasteiger partial charge on any atom is -0.464 e. The molecule has 40 valence electrons. The lowest BCUT2D eigenvalue weighted by atomic mass is 10.6. The van der Waals surface area contributed by atoms with Gasteiger partial charge in [-0.05, 0) is 0 Å². The fourth-order valence-corrected chi connectivity index (χ4v) is 0.111. The van der Waals surface area contributed by atoms with E-state index >= 15 is 0 Å². The number of esters is 1. The van der Waals surface area contributed by atoms with Gasteiger partial charge in [-0.2, -0.15) is 4.39 Å². The molecule has 0 fully saturated rings. The molecule has 0 rings (SSSR count). The number of carbonyl (C=O) groups is 1. The highest BCUT2D eigenvalue weighted by Gasteiger charge is 2.01. The molecule has 0 aliphatic carbocycles. The summed E-state index contributed by atoms with van der Waals surface area (Å²) >= 11 is 0. The van der Waals surface area contributed by atoms with Crippen LogP contribution in [0.1, 0.15) is 0 Å². The van der Waals surface area contributed by atoms with E-state index in [-0.39, 0.29) is 0 Å². The van der Waals surface area contributed by atoms with Gasteiger partial charge in [0.25, 0.3) is 0 Å². The van der Waals surface area contributed by atoms with Crippen LogP contribution in [-0.2, 0) is 9.53 Å². The van der Waals surface area contributed by atoms with Crippen molar-refractivity contribution in [2.45, 2.75) is 0 Å². The minimum atomic E-state index is -1.07. The summed E-state index contributed by atoms with van der Waals surface area (Å²) in [6, 6.07) is 0. The van der Waals surface area contributed by atoms with E-state index in [4.69, 9.17) is 0 Å². The Kier molecular flexibility index (Phi) is 2.05. The minimum absolute atomic E-state index is 1.01. The van der Waals surface area contributed by atoms with E-state index < -0.39 is 11.8 Å². The molecular weight excluding hydrogens is 99.0 g/mol. The topological polar surface area (TPSA) is 26.3 Å². The molecule has 2 nitrogen and oxygen atoms in total. The second-order valence-electron chi connectivity index (χ2n) is 0.896. The van der Waals surface area contributed by atoms with Crippen molar-refractivity contribution in [2.75, 3.05) is 7.11 Å². The molecular formula is C4H5FO2. The average Bonchev–Trinajstić information content (AvgIpc) is 1.65. The molecule has 3 heteroatoms. The zero-order valence-electron chi connectivity index (χ0n) is 3.90. The summed E-state index contributed by atoms with van der Waals surface area (Å²) in [5, 5.41) is 0. The van der Waals surface area contributed by atoms with Gasteiger partial charge in [0.15, 0.2) is 0 Å². The van der Waals surface area contributed by atoms with Crippen LogP contribution in [-0.4, -0.2) is 13.1 Å². The summed E-state index contributed by atoms with van der Waals surface area (Å²) in [4.78, 5) is 9.81. The highest BCUT2D eigenvalue weighted by atomic mass is 19.1. The predicted molar refractivity (Wildman–Crippen MR) is 22.3 cm³/mol. The van der Waals surface area contributed by atoms with Crippen LogP contribution in [0.2, 0.25) is 0 Å². The molecule has 0 aliphatic rings. The van der Waals surface area contributed by atoms with E-state index in [1.165, 1.54) is 0 Å². The first-order chi connectivity index (χ1) is 3.18. The van der Waals surface area contributed by atoms with Crippen molar-refractivity contribution in [1.29, 1.82) is 0 Å². The molecule has 0 saturated carbocycles. The summed E-state index contributed by atoms with van der Waals surface area (Å²) in [6.07, 6.45) is 0. The van der Waals surface area contributed by atoms with Gasteiger partial charge >= 0.3 is 5.97 Å². The highest BCUT2D eigenvalue weighted by molar-refractivity contribution is 5.84. The van der Waals surface area contributed by atoms with Crippen molar-refractivity contribution in [3.05, 3.63) is 12.4 Å². The fourth-order valence-electron chi connectivity index (χ4n) is 0.111. The van der Waals surface area contributed by atoms with Crippen molar-refractivity contribution in [2.24, 2.45) is 0 Å². The van der Waals surface area contributed by atoms with Gasteiger partial charge in [0.1, 0.15) is 0 Å². The molecule has 0 bridgehead atoms. The molecule has 0 unspecified atom stereocenters. The van der Waals surface area contributed by atoms with Crippen molar-refractivity contribution in [3.8, 4) is 0 Å². The third kappa shape index (κ3) is 1.92. The van der Waals surface area contributed by atoms with Gasteiger partial charge in [-0.25, -0.2) is 4.79 Å². The smallest absolute Gasteiger partial charge is 0.366 e. The van der Waals surface area contributed by atoms with Crippen LogP contribution in [0.15, 0.2) is 12.4 Å². The molecule has 0 aromatic heterocycles. The van der Waals surface area contributed by atoms with Crippen LogP contribution >= 0.6 is 0 Å². The van der Waals surface area contributed by atoms with Crippen LogP contribution in [0.25, 0.3) is 0 Å². The first-order valence-electron chi connectivity index (χ1n) is 1.61.